The Balaban J connectivity index is 1.22. The minimum absolute atomic E-state index is 0.131. The Morgan fingerprint density at radius 1 is 0.875 bits per heavy atom. The molecule has 4 aromatic rings. The number of carboxylic acid groups (broad SMARTS) is 2. The number of morpholine rings is 1. The number of hydrogen-bond donors (Lipinski definition) is 2. The van der Waals surface area contributed by atoms with E-state index >= 15 is 0 Å². The molecule has 250 valence electrons. The van der Waals surface area contributed by atoms with Crippen LogP contribution in [0.3, 0.4) is 0 Å². The largest absolute Gasteiger partial charge is 0.489 e. The van der Waals surface area contributed by atoms with Crippen LogP contribution in [0.5, 0.6) is 5.75 Å². The molecule has 2 saturated heterocycles. The monoisotopic (exact) mass is 651 g/mol. The molecule has 0 spiro atoms. The van der Waals surface area contributed by atoms with Gasteiger partial charge < -0.3 is 34.1 Å². The van der Waals surface area contributed by atoms with Gasteiger partial charge >= 0.3 is 11.9 Å². The Hall–Kier alpha value is -4.83. The van der Waals surface area contributed by atoms with Crippen molar-refractivity contribution in [3.63, 3.8) is 0 Å². The lowest BCUT2D eigenvalue weighted by molar-refractivity contribution is -0.137. The van der Waals surface area contributed by atoms with E-state index in [9.17, 15) is 24.6 Å². The molecule has 1 saturated carbocycles. The van der Waals surface area contributed by atoms with Crippen molar-refractivity contribution in [3.05, 3.63) is 77.4 Å². The van der Waals surface area contributed by atoms with Crippen LogP contribution in [-0.2, 0) is 27.5 Å². The lowest BCUT2D eigenvalue weighted by atomic mass is 9.82. The van der Waals surface area contributed by atoms with E-state index in [1.807, 2.05) is 41.3 Å². The van der Waals surface area contributed by atoms with Crippen molar-refractivity contribution >= 4 is 40.1 Å². The molecule has 48 heavy (non-hydrogen) atoms. The van der Waals surface area contributed by atoms with Gasteiger partial charge in [0.15, 0.2) is 0 Å². The van der Waals surface area contributed by atoms with E-state index in [0.29, 0.717) is 37.5 Å². The number of rotatable bonds is 10. The van der Waals surface area contributed by atoms with Gasteiger partial charge in [-0.2, -0.15) is 0 Å². The lowest BCUT2D eigenvalue weighted by Gasteiger charge is -2.31. The van der Waals surface area contributed by atoms with E-state index in [4.69, 9.17) is 9.47 Å². The molecule has 1 amide bonds. The number of carboxylic acids is 2. The number of aliphatic carboxylic acids is 1. The Kier molecular flexibility index (Phi) is 9.08. The number of anilines is 2. The third-order valence-electron chi connectivity index (χ3n) is 9.98. The summed E-state index contributed by atoms with van der Waals surface area (Å²) in [4.78, 5) is 40.7. The molecule has 3 fully saturated rings. The van der Waals surface area contributed by atoms with Crippen LogP contribution in [-0.4, -0.2) is 65.5 Å². The first-order valence-electron chi connectivity index (χ1n) is 17.0. The van der Waals surface area contributed by atoms with Gasteiger partial charge in [0.25, 0.3) is 0 Å². The van der Waals surface area contributed by atoms with Crippen LogP contribution in [0.1, 0.15) is 72.3 Å². The van der Waals surface area contributed by atoms with Gasteiger partial charge in [0, 0.05) is 48.4 Å². The maximum Gasteiger partial charge on any atom is 0.335 e. The van der Waals surface area contributed by atoms with Crippen LogP contribution in [0.2, 0.25) is 0 Å². The molecule has 10 heteroatoms. The van der Waals surface area contributed by atoms with Crippen molar-refractivity contribution in [1.29, 1.82) is 0 Å². The predicted octanol–water partition coefficient (Wildman–Crippen LogP) is 6.68. The second-order valence-electron chi connectivity index (χ2n) is 13.0. The zero-order chi connectivity index (χ0) is 33.2. The minimum Gasteiger partial charge on any atom is -0.489 e. The van der Waals surface area contributed by atoms with Crippen LogP contribution in [0.25, 0.3) is 22.2 Å². The summed E-state index contributed by atoms with van der Waals surface area (Å²) in [6.07, 6.45) is 6.84. The van der Waals surface area contributed by atoms with E-state index < -0.39 is 11.9 Å². The number of hydrogen-bond acceptors (Lipinski definition) is 6. The van der Waals surface area contributed by atoms with E-state index in [1.165, 1.54) is 6.42 Å². The maximum atomic E-state index is 12.5. The number of amides is 1. The van der Waals surface area contributed by atoms with Crippen LogP contribution < -0.4 is 14.5 Å². The smallest absolute Gasteiger partial charge is 0.335 e. The highest BCUT2D eigenvalue weighted by Crippen LogP contribution is 2.44. The van der Waals surface area contributed by atoms with Gasteiger partial charge in [0.1, 0.15) is 18.9 Å². The first-order chi connectivity index (χ1) is 23.4. The highest BCUT2D eigenvalue weighted by molar-refractivity contribution is 5.99. The highest BCUT2D eigenvalue weighted by Gasteiger charge is 2.28. The maximum absolute atomic E-state index is 12.5. The number of nitrogens with zero attached hydrogens (tertiary/aromatic N) is 3. The van der Waals surface area contributed by atoms with Crippen molar-refractivity contribution in [2.75, 3.05) is 42.6 Å². The van der Waals surface area contributed by atoms with Gasteiger partial charge in [-0.3, -0.25) is 9.59 Å². The molecule has 10 nitrogen and oxygen atoms in total. The molecular formula is C38H41N3O7. The molecule has 3 aromatic carbocycles. The lowest BCUT2D eigenvalue weighted by Crippen LogP contribution is -2.37. The summed E-state index contributed by atoms with van der Waals surface area (Å²) in [6.45, 7) is 3.64. The molecule has 0 atom stereocenters. The highest BCUT2D eigenvalue weighted by atomic mass is 16.5. The van der Waals surface area contributed by atoms with E-state index in [0.717, 1.165) is 90.9 Å². The van der Waals surface area contributed by atoms with Gasteiger partial charge in [-0.25, -0.2) is 4.79 Å². The topological polar surface area (TPSA) is 122 Å². The number of benzene rings is 3. The molecule has 0 unspecified atom stereocenters. The fourth-order valence-corrected chi connectivity index (χ4v) is 7.68. The standard InChI is InChI=1S/C38H41N3O7/c42-34-7-4-16-40(34)29-11-15-32(39-17-19-47-20-18-39)28(21-29)24-48-30-12-8-26(9-13-30)37-36(25-5-2-1-3-6-25)31-14-10-27(38(45)46)22-33(31)41(37)23-35(43)44/h8-15,21-22,25H,1-7,16-20,23-24H2,(H,43,44)(H,45,46). The van der Waals surface area contributed by atoms with E-state index in [1.54, 1.807) is 16.7 Å². The van der Waals surface area contributed by atoms with E-state index in [-0.39, 0.29) is 23.9 Å². The molecule has 1 aliphatic carbocycles. The van der Waals surface area contributed by atoms with Crippen LogP contribution in [0.15, 0.2) is 60.7 Å². The van der Waals surface area contributed by atoms with Crippen molar-refractivity contribution in [2.24, 2.45) is 0 Å². The zero-order valence-corrected chi connectivity index (χ0v) is 27.0. The van der Waals surface area contributed by atoms with Gasteiger partial charge in [-0.15, -0.1) is 0 Å². The molecule has 0 bridgehead atoms. The van der Waals surface area contributed by atoms with Crippen molar-refractivity contribution in [3.8, 4) is 17.0 Å². The molecule has 2 N–H and O–H groups in total. The average Bonchev–Trinajstić information content (AvgIpc) is 3.68. The summed E-state index contributed by atoms with van der Waals surface area (Å²) in [7, 11) is 0. The Morgan fingerprint density at radius 3 is 2.33 bits per heavy atom. The molecular weight excluding hydrogens is 610 g/mol. The summed E-state index contributed by atoms with van der Waals surface area (Å²) in [6, 6.07) is 19.0. The molecule has 0 radical (unpaired) electrons. The van der Waals surface area contributed by atoms with Gasteiger partial charge in [0.05, 0.1) is 30.0 Å². The summed E-state index contributed by atoms with van der Waals surface area (Å²) in [5, 5.41) is 20.6. The fourth-order valence-electron chi connectivity index (χ4n) is 7.68. The molecule has 3 aliphatic rings. The Morgan fingerprint density at radius 2 is 1.65 bits per heavy atom. The van der Waals surface area contributed by atoms with Crippen LogP contribution in [0, 0.1) is 0 Å². The number of aromatic nitrogens is 1. The summed E-state index contributed by atoms with van der Waals surface area (Å²) >= 11 is 0. The fraction of sp³-hybridized carbons (Fsp3) is 0.395. The predicted molar refractivity (Wildman–Crippen MR) is 183 cm³/mol. The second kappa shape index (κ2) is 13.7. The summed E-state index contributed by atoms with van der Waals surface area (Å²) < 4.78 is 13.7. The number of carbonyl (C=O) groups excluding carboxylic acids is 1. The Labute approximate surface area is 279 Å². The van der Waals surface area contributed by atoms with Gasteiger partial charge in [-0.05, 0) is 90.9 Å². The van der Waals surface area contributed by atoms with Crippen molar-refractivity contribution < 1.29 is 34.1 Å². The number of fused-ring (bicyclic) bond motifs is 1. The molecule has 7 rings (SSSR count). The molecule has 1 aromatic heterocycles. The van der Waals surface area contributed by atoms with Gasteiger partial charge in [-0.1, -0.05) is 25.3 Å². The average molecular weight is 652 g/mol. The zero-order valence-electron chi connectivity index (χ0n) is 27.0. The third kappa shape index (κ3) is 6.36. The second-order valence-corrected chi connectivity index (χ2v) is 13.0. The molecule has 2 aliphatic heterocycles. The molecule has 3 heterocycles. The normalized spacial score (nSPS) is 17.3. The third-order valence-corrected chi connectivity index (χ3v) is 9.98. The minimum atomic E-state index is -1.04. The number of ether oxygens (including phenoxy) is 2. The van der Waals surface area contributed by atoms with Crippen LogP contribution in [0.4, 0.5) is 11.4 Å². The quantitative estimate of drug-likeness (QED) is 0.195. The van der Waals surface area contributed by atoms with Crippen LogP contribution >= 0.6 is 0 Å². The first kappa shape index (κ1) is 31.8. The SMILES string of the molecule is O=C(O)Cn1c(-c2ccc(OCc3cc(N4CCCC4=O)ccc3N3CCOCC3)cc2)c(C2CCCCC2)c2ccc(C(=O)O)cc21. The van der Waals surface area contributed by atoms with Crippen molar-refractivity contribution in [2.45, 2.75) is 64.0 Å². The van der Waals surface area contributed by atoms with E-state index in [2.05, 4.69) is 17.0 Å². The summed E-state index contributed by atoms with van der Waals surface area (Å²) in [5.74, 6) is -0.966. The number of aromatic carboxylic acids is 1. The first-order valence-corrected chi connectivity index (χ1v) is 17.0. The Bertz CT molecular complexity index is 1840. The van der Waals surface area contributed by atoms with Gasteiger partial charge in [0.2, 0.25) is 5.91 Å². The number of carbonyl (C=O) groups is 3. The van der Waals surface area contributed by atoms with Crippen molar-refractivity contribution in [1.82, 2.24) is 4.57 Å². The summed E-state index contributed by atoms with van der Waals surface area (Å²) in [5.41, 5.74) is 6.49.